The van der Waals surface area contributed by atoms with Crippen molar-refractivity contribution < 1.29 is 4.74 Å². The van der Waals surface area contributed by atoms with Crippen molar-refractivity contribution in [3.05, 3.63) is 42.1 Å². The first-order valence-corrected chi connectivity index (χ1v) is 5.06. The van der Waals surface area contributed by atoms with E-state index in [4.69, 9.17) is 4.74 Å². The standard InChI is InChI=1S/C12H14N2O/c1-3-15-12-9-10(2)14(13-12)11-7-5-4-6-8-11/h4-9H,3H2,1-2H3. The number of ether oxygens (including phenoxy) is 1. The van der Waals surface area contributed by atoms with Crippen LogP contribution < -0.4 is 4.74 Å². The van der Waals surface area contributed by atoms with Gasteiger partial charge in [-0.3, -0.25) is 0 Å². The fourth-order valence-electron chi connectivity index (χ4n) is 1.50. The molecule has 1 aromatic carbocycles. The summed E-state index contributed by atoms with van der Waals surface area (Å²) in [6.45, 7) is 4.62. The Kier molecular flexibility index (Phi) is 2.72. The quantitative estimate of drug-likeness (QED) is 0.764. The molecule has 0 atom stereocenters. The molecule has 2 rings (SSSR count). The molecule has 0 unspecified atom stereocenters. The molecule has 78 valence electrons. The van der Waals surface area contributed by atoms with Crippen molar-refractivity contribution in [2.24, 2.45) is 0 Å². The van der Waals surface area contributed by atoms with E-state index in [0.717, 1.165) is 11.4 Å². The Hall–Kier alpha value is -1.77. The molecule has 0 fully saturated rings. The maximum absolute atomic E-state index is 5.36. The van der Waals surface area contributed by atoms with Crippen molar-refractivity contribution >= 4 is 0 Å². The summed E-state index contributed by atoms with van der Waals surface area (Å²) < 4.78 is 7.24. The molecule has 0 saturated carbocycles. The number of para-hydroxylation sites is 1. The highest BCUT2D eigenvalue weighted by Gasteiger charge is 2.05. The summed E-state index contributed by atoms with van der Waals surface area (Å²) in [5.74, 6) is 0.679. The van der Waals surface area contributed by atoms with Gasteiger partial charge in [0.25, 0.3) is 0 Å². The van der Waals surface area contributed by atoms with Crippen molar-refractivity contribution in [2.45, 2.75) is 13.8 Å². The van der Waals surface area contributed by atoms with Crippen molar-refractivity contribution in [1.82, 2.24) is 9.78 Å². The number of aromatic nitrogens is 2. The number of aryl methyl sites for hydroxylation is 1. The third kappa shape index (κ3) is 2.01. The summed E-state index contributed by atoms with van der Waals surface area (Å²) in [7, 11) is 0. The van der Waals surface area contributed by atoms with Crippen molar-refractivity contribution in [1.29, 1.82) is 0 Å². The van der Waals surface area contributed by atoms with E-state index >= 15 is 0 Å². The van der Waals surface area contributed by atoms with Crippen LogP contribution >= 0.6 is 0 Å². The van der Waals surface area contributed by atoms with Gasteiger partial charge >= 0.3 is 0 Å². The third-order valence-electron chi connectivity index (χ3n) is 2.16. The molecular weight excluding hydrogens is 188 g/mol. The molecule has 0 N–H and O–H groups in total. The van der Waals surface area contributed by atoms with E-state index < -0.39 is 0 Å². The van der Waals surface area contributed by atoms with Crippen LogP contribution in [0.1, 0.15) is 12.6 Å². The van der Waals surface area contributed by atoms with E-state index in [9.17, 15) is 0 Å². The second-order valence-electron chi connectivity index (χ2n) is 3.30. The van der Waals surface area contributed by atoms with Gasteiger partial charge < -0.3 is 4.74 Å². The van der Waals surface area contributed by atoms with Gasteiger partial charge in [0, 0.05) is 11.8 Å². The van der Waals surface area contributed by atoms with E-state index in [1.54, 1.807) is 0 Å². The lowest BCUT2D eigenvalue weighted by Gasteiger charge is -2.02. The van der Waals surface area contributed by atoms with Crippen LogP contribution in [0.15, 0.2) is 36.4 Å². The minimum absolute atomic E-state index is 0.644. The van der Waals surface area contributed by atoms with Crippen molar-refractivity contribution in [3.63, 3.8) is 0 Å². The topological polar surface area (TPSA) is 27.1 Å². The molecule has 1 aromatic heterocycles. The smallest absolute Gasteiger partial charge is 0.233 e. The van der Waals surface area contributed by atoms with Crippen molar-refractivity contribution in [3.8, 4) is 11.6 Å². The lowest BCUT2D eigenvalue weighted by atomic mass is 10.3. The second-order valence-corrected chi connectivity index (χ2v) is 3.30. The zero-order valence-corrected chi connectivity index (χ0v) is 8.97. The van der Waals surface area contributed by atoms with E-state index in [-0.39, 0.29) is 0 Å². The van der Waals surface area contributed by atoms with Gasteiger partial charge in [-0.25, -0.2) is 4.68 Å². The fraction of sp³-hybridized carbons (Fsp3) is 0.250. The predicted molar refractivity (Wildman–Crippen MR) is 59.5 cm³/mol. The Morgan fingerprint density at radius 2 is 2.00 bits per heavy atom. The first-order valence-electron chi connectivity index (χ1n) is 5.06. The number of rotatable bonds is 3. The van der Waals surface area contributed by atoms with Gasteiger partial charge in [0.05, 0.1) is 12.3 Å². The van der Waals surface area contributed by atoms with E-state index in [1.807, 2.05) is 54.9 Å². The van der Waals surface area contributed by atoms with Gasteiger partial charge in [0.1, 0.15) is 0 Å². The van der Waals surface area contributed by atoms with E-state index in [0.29, 0.717) is 12.5 Å². The summed E-state index contributed by atoms with van der Waals surface area (Å²) in [6.07, 6.45) is 0. The highest BCUT2D eigenvalue weighted by Crippen LogP contribution is 2.15. The molecule has 0 radical (unpaired) electrons. The number of nitrogens with zero attached hydrogens (tertiary/aromatic N) is 2. The maximum atomic E-state index is 5.36. The van der Waals surface area contributed by atoms with Crippen LogP contribution in [0.2, 0.25) is 0 Å². The predicted octanol–water partition coefficient (Wildman–Crippen LogP) is 2.58. The number of hydrogen-bond acceptors (Lipinski definition) is 2. The number of benzene rings is 1. The summed E-state index contributed by atoms with van der Waals surface area (Å²) in [5, 5.41) is 4.36. The zero-order chi connectivity index (χ0) is 10.7. The first kappa shape index (κ1) is 9.77. The molecule has 0 aliphatic heterocycles. The lowest BCUT2D eigenvalue weighted by molar-refractivity contribution is 0.324. The molecule has 2 aromatic rings. The van der Waals surface area contributed by atoms with Gasteiger partial charge in [-0.15, -0.1) is 5.10 Å². The van der Waals surface area contributed by atoms with E-state index in [2.05, 4.69) is 5.10 Å². The Morgan fingerprint density at radius 1 is 1.27 bits per heavy atom. The molecule has 0 spiro atoms. The Morgan fingerprint density at radius 3 is 2.67 bits per heavy atom. The average molecular weight is 202 g/mol. The summed E-state index contributed by atoms with van der Waals surface area (Å²) >= 11 is 0. The summed E-state index contributed by atoms with van der Waals surface area (Å²) in [4.78, 5) is 0. The van der Waals surface area contributed by atoms with Crippen molar-refractivity contribution in [2.75, 3.05) is 6.61 Å². The SMILES string of the molecule is CCOc1cc(C)n(-c2ccccc2)n1. The van der Waals surface area contributed by atoms with E-state index in [1.165, 1.54) is 0 Å². The monoisotopic (exact) mass is 202 g/mol. The Balaban J connectivity index is 2.36. The van der Waals surface area contributed by atoms with Gasteiger partial charge in [-0.2, -0.15) is 0 Å². The normalized spacial score (nSPS) is 10.3. The minimum Gasteiger partial charge on any atom is -0.477 e. The Labute approximate surface area is 89.3 Å². The molecule has 0 aliphatic carbocycles. The molecule has 0 saturated heterocycles. The molecule has 0 aliphatic rings. The zero-order valence-electron chi connectivity index (χ0n) is 8.97. The largest absolute Gasteiger partial charge is 0.477 e. The fourth-order valence-corrected chi connectivity index (χ4v) is 1.50. The van der Waals surface area contributed by atoms with Gasteiger partial charge in [-0.1, -0.05) is 18.2 Å². The molecule has 15 heavy (non-hydrogen) atoms. The van der Waals surface area contributed by atoms with Gasteiger partial charge in [0.15, 0.2) is 0 Å². The maximum Gasteiger partial charge on any atom is 0.233 e. The van der Waals surface area contributed by atoms with Crippen LogP contribution in [0.5, 0.6) is 5.88 Å². The Bertz CT molecular complexity index is 434. The minimum atomic E-state index is 0.644. The molecule has 0 amide bonds. The van der Waals surface area contributed by atoms with Crippen LogP contribution in [0.3, 0.4) is 0 Å². The molecular formula is C12H14N2O. The van der Waals surface area contributed by atoms with Crippen LogP contribution in [0.25, 0.3) is 5.69 Å². The second kappa shape index (κ2) is 4.17. The lowest BCUT2D eigenvalue weighted by Crippen LogP contribution is -1.99. The first-order chi connectivity index (χ1) is 7.31. The average Bonchev–Trinajstić information content (AvgIpc) is 2.61. The number of hydrogen-bond donors (Lipinski definition) is 0. The van der Waals surface area contributed by atoms with Crippen LogP contribution in [0.4, 0.5) is 0 Å². The van der Waals surface area contributed by atoms with Crippen LogP contribution in [-0.2, 0) is 0 Å². The highest BCUT2D eigenvalue weighted by molar-refractivity contribution is 5.33. The molecule has 3 heteroatoms. The van der Waals surface area contributed by atoms with Crippen LogP contribution in [0, 0.1) is 6.92 Å². The third-order valence-corrected chi connectivity index (χ3v) is 2.16. The highest BCUT2D eigenvalue weighted by atomic mass is 16.5. The van der Waals surface area contributed by atoms with Crippen LogP contribution in [-0.4, -0.2) is 16.4 Å². The molecule has 3 nitrogen and oxygen atoms in total. The van der Waals surface area contributed by atoms with Gasteiger partial charge in [-0.05, 0) is 26.0 Å². The summed E-state index contributed by atoms with van der Waals surface area (Å²) in [5.41, 5.74) is 2.13. The molecule has 0 bridgehead atoms. The van der Waals surface area contributed by atoms with Gasteiger partial charge in [0.2, 0.25) is 5.88 Å². The molecule has 1 heterocycles. The summed E-state index contributed by atoms with van der Waals surface area (Å²) in [6, 6.07) is 12.0.